The first kappa shape index (κ1) is 17.8. The molecule has 0 N–H and O–H groups in total. The van der Waals surface area contributed by atoms with Gasteiger partial charge in [0.2, 0.25) is 5.91 Å². The van der Waals surface area contributed by atoms with Gasteiger partial charge in [0.1, 0.15) is 5.82 Å². The minimum absolute atomic E-state index is 0.0304. The third-order valence-corrected chi connectivity index (χ3v) is 4.96. The highest BCUT2D eigenvalue weighted by Gasteiger charge is 2.27. The minimum Gasteiger partial charge on any atom is -0.338 e. The quantitative estimate of drug-likeness (QED) is 0.396. The molecule has 1 saturated heterocycles. The topological polar surface area (TPSA) is 93.6 Å². The van der Waals surface area contributed by atoms with Gasteiger partial charge in [-0.3, -0.25) is 19.3 Å². The van der Waals surface area contributed by atoms with E-state index in [0.29, 0.717) is 13.1 Å². The van der Waals surface area contributed by atoms with Crippen molar-refractivity contribution in [3.63, 3.8) is 0 Å². The normalized spacial score (nSPS) is 17.3. The van der Waals surface area contributed by atoms with Gasteiger partial charge in [-0.15, -0.1) is 10.2 Å². The molecular formula is C20H19N5O3. The maximum absolute atomic E-state index is 12.6. The molecule has 1 aromatic carbocycles. The first-order valence-electron chi connectivity index (χ1n) is 9.13. The molecule has 1 amide bonds. The first-order chi connectivity index (χ1) is 13.6. The number of nitro groups is 1. The number of fused-ring (bicyclic) bond motifs is 1. The third kappa shape index (κ3) is 3.62. The number of pyridine rings is 1. The van der Waals surface area contributed by atoms with Crippen molar-refractivity contribution in [1.82, 2.24) is 19.5 Å². The molecule has 1 fully saturated rings. The number of benzene rings is 1. The van der Waals surface area contributed by atoms with Gasteiger partial charge in [0, 0.05) is 43.4 Å². The lowest BCUT2D eigenvalue weighted by Gasteiger charge is -2.31. The molecule has 1 atom stereocenters. The Morgan fingerprint density at radius 2 is 2.00 bits per heavy atom. The molecule has 3 heterocycles. The summed E-state index contributed by atoms with van der Waals surface area (Å²) < 4.78 is 1.98. The predicted octanol–water partition coefficient (Wildman–Crippen LogP) is 3.06. The zero-order valence-corrected chi connectivity index (χ0v) is 15.1. The van der Waals surface area contributed by atoms with Gasteiger partial charge in [0.05, 0.1) is 4.92 Å². The number of carbonyl (C=O) groups is 1. The molecule has 0 bridgehead atoms. The minimum atomic E-state index is -0.444. The predicted molar refractivity (Wildman–Crippen MR) is 104 cm³/mol. The molecule has 0 spiro atoms. The number of amides is 1. The van der Waals surface area contributed by atoms with Crippen LogP contribution in [0.2, 0.25) is 0 Å². The number of aromatic nitrogens is 3. The van der Waals surface area contributed by atoms with Crippen molar-refractivity contribution >= 4 is 23.3 Å². The lowest BCUT2D eigenvalue weighted by atomic mass is 9.97. The molecule has 1 aliphatic rings. The Bertz CT molecular complexity index is 1040. The van der Waals surface area contributed by atoms with Crippen LogP contribution >= 0.6 is 0 Å². The summed E-state index contributed by atoms with van der Waals surface area (Å²) in [4.78, 5) is 24.7. The second-order valence-electron chi connectivity index (χ2n) is 6.79. The van der Waals surface area contributed by atoms with E-state index in [1.807, 2.05) is 33.7 Å². The summed E-state index contributed by atoms with van der Waals surface area (Å²) in [7, 11) is 0. The van der Waals surface area contributed by atoms with Crippen molar-refractivity contribution < 1.29 is 9.72 Å². The maximum atomic E-state index is 12.6. The van der Waals surface area contributed by atoms with Crippen LogP contribution in [0.3, 0.4) is 0 Å². The first-order valence-corrected chi connectivity index (χ1v) is 9.13. The van der Waals surface area contributed by atoms with E-state index >= 15 is 0 Å². The lowest BCUT2D eigenvalue weighted by molar-refractivity contribution is -0.384. The Morgan fingerprint density at radius 1 is 1.18 bits per heavy atom. The summed E-state index contributed by atoms with van der Waals surface area (Å²) in [5, 5.41) is 19.2. The van der Waals surface area contributed by atoms with Crippen molar-refractivity contribution in [3.05, 3.63) is 76.2 Å². The Morgan fingerprint density at radius 3 is 2.79 bits per heavy atom. The summed E-state index contributed by atoms with van der Waals surface area (Å²) >= 11 is 0. The van der Waals surface area contributed by atoms with Gasteiger partial charge < -0.3 is 4.90 Å². The second kappa shape index (κ2) is 7.59. The van der Waals surface area contributed by atoms with Gasteiger partial charge in [-0.1, -0.05) is 6.07 Å². The van der Waals surface area contributed by atoms with Crippen LogP contribution in [-0.4, -0.2) is 43.4 Å². The molecule has 8 nitrogen and oxygen atoms in total. The Labute approximate surface area is 161 Å². The molecule has 0 saturated carbocycles. The van der Waals surface area contributed by atoms with Crippen LogP contribution in [0.5, 0.6) is 0 Å². The van der Waals surface area contributed by atoms with Gasteiger partial charge in [-0.25, -0.2) is 0 Å². The van der Waals surface area contributed by atoms with E-state index in [1.54, 1.807) is 18.2 Å². The molecule has 0 radical (unpaired) electrons. The number of carbonyl (C=O) groups excluding carboxylic acids is 1. The van der Waals surface area contributed by atoms with Crippen LogP contribution in [0.25, 0.3) is 11.7 Å². The molecule has 28 heavy (non-hydrogen) atoms. The summed E-state index contributed by atoms with van der Waals surface area (Å²) in [5.41, 5.74) is 1.58. The number of hydrogen-bond acceptors (Lipinski definition) is 5. The average Bonchev–Trinajstić information content (AvgIpc) is 3.16. The Kier molecular flexibility index (Phi) is 4.84. The van der Waals surface area contributed by atoms with E-state index in [2.05, 4.69) is 10.2 Å². The molecule has 4 rings (SSSR count). The van der Waals surface area contributed by atoms with Crippen molar-refractivity contribution in [3.8, 4) is 0 Å². The van der Waals surface area contributed by atoms with Crippen LogP contribution in [0, 0.1) is 10.1 Å². The summed E-state index contributed by atoms with van der Waals surface area (Å²) in [6.07, 6.45) is 7.02. The van der Waals surface area contributed by atoms with E-state index in [0.717, 1.165) is 29.9 Å². The summed E-state index contributed by atoms with van der Waals surface area (Å²) in [6.45, 7) is 1.30. The molecular weight excluding hydrogens is 358 g/mol. The number of rotatable bonds is 4. The number of nitrogens with zero attached hydrogens (tertiary/aromatic N) is 5. The zero-order valence-electron chi connectivity index (χ0n) is 15.1. The van der Waals surface area contributed by atoms with Gasteiger partial charge in [0.15, 0.2) is 5.65 Å². The molecule has 0 aliphatic carbocycles. The van der Waals surface area contributed by atoms with Crippen LogP contribution in [0.15, 0.2) is 54.7 Å². The fraction of sp³-hybridized carbons (Fsp3) is 0.250. The average molecular weight is 377 g/mol. The number of piperidine rings is 1. The van der Waals surface area contributed by atoms with Crippen molar-refractivity contribution in [2.75, 3.05) is 13.1 Å². The fourth-order valence-electron chi connectivity index (χ4n) is 3.51. The monoisotopic (exact) mass is 377 g/mol. The van der Waals surface area contributed by atoms with E-state index in [1.165, 1.54) is 18.2 Å². The van der Waals surface area contributed by atoms with Crippen LogP contribution in [-0.2, 0) is 4.79 Å². The molecule has 142 valence electrons. The summed E-state index contributed by atoms with van der Waals surface area (Å²) in [5.74, 6) is 0.951. The van der Waals surface area contributed by atoms with E-state index in [9.17, 15) is 14.9 Å². The van der Waals surface area contributed by atoms with E-state index in [4.69, 9.17) is 0 Å². The second-order valence-corrected chi connectivity index (χ2v) is 6.79. The highest BCUT2D eigenvalue weighted by atomic mass is 16.6. The number of non-ortho nitro benzene ring substituents is 1. The third-order valence-electron chi connectivity index (χ3n) is 4.96. The van der Waals surface area contributed by atoms with Crippen molar-refractivity contribution in [1.29, 1.82) is 0 Å². The molecule has 8 heteroatoms. The molecule has 1 aliphatic heterocycles. The van der Waals surface area contributed by atoms with Crippen LogP contribution in [0.1, 0.15) is 30.1 Å². The lowest BCUT2D eigenvalue weighted by Crippen LogP contribution is -2.38. The van der Waals surface area contributed by atoms with Gasteiger partial charge in [-0.05, 0) is 48.7 Å². The zero-order chi connectivity index (χ0) is 19.5. The highest BCUT2D eigenvalue weighted by molar-refractivity contribution is 5.91. The molecule has 3 aromatic rings. The van der Waals surface area contributed by atoms with Gasteiger partial charge in [-0.2, -0.15) is 0 Å². The molecule has 2 aromatic heterocycles. The Balaban J connectivity index is 1.45. The summed E-state index contributed by atoms with van der Waals surface area (Å²) in [6, 6.07) is 11.9. The van der Waals surface area contributed by atoms with Crippen LogP contribution in [0.4, 0.5) is 5.69 Å². The van der Waals surface area contributed by atoms with Crippen molar-refractivity contribution in [2.45, 2.75) is 18.8 Å². The number of hydrogen-bond donors (Lipinski definition) is 0. The number of nitro benzene ring substituents is 1. The SMILES string of the molecule is O=C(/C=C/c1ccc([N+](=O)[O-])cc1)N1CCCC(c2nnc3ccccn23)C1. The van der Waals surface area contributed by atoms with E-state index in [-0.39, 0.29) is 17.5 Å². The van der Waals surface area contributed by atoms with Crippen LogP contribution < -0.4 is 0 Å². The molecule has 1 unspecified atom stereocenters. The standard InChI is InChI=1S/C20H19N5O3/c26-19(11-8-15-6-9-17(10-7-15)25(27)28)23-12-3-4-16(14-23)20-22-21-18-5-1-2-13-24(18)20/h1-2,5-11,13,16H,3-4,12,14H2/b11-8+. The van der Waals surface area contributed by atoms with E-state index < -0.39 is 4.92 Å². The largest absolute Gasteiger partial charge is 0.338 e. The maximum Gasteiger partial charge on any atom is 0.269 e. The van der Waals surface area contributed by atoms with Gasteiger partial charge >= 0.3 is 0 Å². The van der Waals surface area contributed by atoms with Crippen molar-refractivity contribution in [2.24, 2.45) is 0 Å². The highest BCUT2D eigenvalue weighted by Crippen LogP contribution is 2.26. The van der Waals surface area contributed by atoms with Gasteiger partial charge in [0.25, 0.3) is 5.69 Å². The fourth-order valence-corrected chi connectivity index (χ4v) is 3.51. The Hall–Kier alpha value is -3.55. The smallest absolute Gasteiger partial charge is 0.269 e. The number of likely N-dealkylation sites (tertiary alicyclic amines) is 1.